The van der Waals surface area contributed by atoms with Crippen LogP contribution in [0.1, 0.15) is 28.8 Å². The average Bonchev–Trinajstić information content (AvgIpc) is 3.67. The number of amides is 1. The van der Waals surface area contributed by atoms with Crippen molar-refractivity contribution in [3.8, 4) is 22.5 Å². The fraction of sp³-hybridized carbons (Fsp3) is 0.292. The van der Waals surface area contributed by atoms with Crippen molar-refractivity contribution >= 4 is 21.7 Å². The Balaban J connectivity index is 1.47. The molecule has 0 bridgehead atoms. The minimum absolute atomic E-state index is 0.0120. The van der Waals surface area contributed by atoms with Crippen molar-refractivity contribution in [3.63, 3.8) is 0 Å². The Morgan fingerprint density at radius 1 is 1.09 bits per heavy atom. The molecule has 1 aliphatic carbocycles. The second kappa shape index (κ2) is 7.93. The van der Waals surface area contributed by atoms with Crippen LogP contribution in [0, 0.1) is 0 Å². The summed E-state index contributed by atoms with van der Waals surface area (Å²) in [5.74, 6) is 0.307. The number of anilines is 1. The largest absolute Gasteiger partial charge is 0.382 e. The Kier molecular flexibility index (Phi) is 5.18. The fourth-order valence-electron chi connectivity index (χ4n) is 4.10. The number of nitrogens with zero attached hydrogens (tertiary/aromatic N) is 4. The zero-order chi connectivity index (χ0) is 23.3. The molecule has 0 spiro atoms. The number of hydrogen-bond donors (Lipinski definition) is 1. The van der Waals surface area contributed by atoms with Gasteiger partial charge in [0.15, 0.2) is 0 Å². The maximum atomic E-state index is 12.8. The molecule has 0 radical (unpaired) electrons. The normalized spacial score (nSPS) is 16.2. The van der Waals surface area contributed by atoms with Crippen molar-refractivity contribution in [2.45, 2.75) is 30.2 Å². The topological polar surface area (TPSA) is 109 Å². The number of rotatable bonds is 5. The Morgan fingerprint density at radius 2 is 1.79 bits per heavy atom. The molecule has 2 aliphatic rings. The number of hydrogen-bond acceptors (Lipinski definition) is 6. The molecule has 3 aromatic rings. The molecule has 1 amide bonds. The Hall–Kier alpha value is -3.30. The molecule has 5 rings (SSSR count). The molecule has 1 aliphatic heterocycles. The third kappa shape index (κ3) is 3.87. The number of nitrogen functional groups attached to an aromatic ring is 1. The second-order valence-electron chi connectivity index (χ2n) is 8.61. The van der Waals surface area contributed by atoms with Crippen LogP contribution in [0.4, 0.5) is 5.82 Å². The van der Waals surface area contributed by atoms with Crippen molar-refractivity contribution in [2.75, 3.05) is 26.4 Å². The van der Waals surface area contributed by atoms with Gasteiger partial charge in [-0.3, -0.25) is 4.79 Å². The van der Waals surface area contributed by atoms with Crippen molar-refractivity contribution in [1.82, 2.24) is 19.2 Å². The number of likely N-dealkylation sites (N-methyl/N-ethyl adjacent to an activating group) is 1. The number of carbonyl (C=O) groups excluding carboxylic acids is 1. The third-order valence-electron chi connectivity index (χ3n) is 6.36. The van der Waals surface area contributed by atoms with E-state index in [1.54, 1.807) is 49.5 Å². The second-order valence-corrected chi connectivity index (χ2v) is 10.6. The zero-order valence-electron chi connectivity index (χ0n) is 18.5. The van der Waals surface area contributed by atoms with Gasteiger partial charge in [0, 0.05) is 43.4 Å². The number of benzene rings is 2. The van der Waals surface area contributed by atoms with E-state index in [1.807, 2.05) is 18.2 Å². The lowest BCUT2D eigenvalue weighted by molar-refractivity contribution is 0.0781. The van der Waals surface area contributed by atoms with Gasteiger partial charge in [-0.1, -0.05) is 18.2 Å². The van der Waals surface area contributed by atoms with Gasteiger partial charge in [0.1, 0.15) is 11.5 Å². The van der Waals surface area contributed by atoms with Gasteiger partial charge in [-0.05, 0) is 49.1 Å². The summed E-state index contributed by atoms with van der Waals surface area (Å²) < 4.78 is 27.0. The summed E-state index contributed by atoms with van der Waals surface area (Å²) in [5.41, 5.74) is 10.5. The maximum Gasteiger partial charge on any atom is 0.253 e. The zero-order valence-corrected chi connectivity index (χ0v) is 19.3. The highest BCUT2D eigenvalue weighted by molar-refractivity contribution is 7.89. The Labute approximate surface area is 193 Å². The number of sulfonamides is 1. The predicted octanol–water partition coefficient (Wildman–Crippen LogP) is 2.80. The van der Waals surface area contributed by atoms with Crippen LogP contribution < -0.4 is 5.73 Å². The molecule has 2 N–H and O–H groups in total. The molecule has 170 valence electrons. The molecule has 0 saturated heterocycles. The lowest BCUT2D eigenvalue weighted by Crippen LogP contribution is -2.34. The van der Waals surface area contributed by atoms with Crippen molar-refractivity contribution in [3.05, 3.63) is 59.8 Å². The van der Waals surface area contributed by atoms with E-state index in [0.717, 1.165) is 36.0 Å². The van der Waals surface area contributed by atoms with Crippen molar-refractivity contribution < 1.29 is 13.2 Å². The minimum Gasteiger partial charge on any atom is -0.382 e. The van der Waals surface area contributed by atoms with Crippen molar-refractivity contribution in [1.29, 1.82) is 0 Å². The van der Waals surface area contributed by atoms with Gasteiger partial charge in [0.2, 0.25) is 10.0 Å². The lowest BCUT2D eigenvalue weighted by atomic mass is 9.96. The minimum atomic E-state index is -3.50. The lowest BCUT2D eigenvalue weighted by Gasteiger charge is -2.25. The van der Waals surface area contributed by atoms with Crippen LogP contribution >= 0.6 is 0 Å². The van der Waals surface area contributed by atoms with E-state index in [4.69, 9.17) is 10.7 Å². The highest BCUT2D eigenvalue weighted by Crippen LogP contribution is 2.32. The summed E-state index contributed by atoms with van der Waals surface area (Å²) in [5, 5.41) is 0. The van der Waals surface area contributed by atoms with E-state index in [0.29, 0.717) is 29.3 Å². The highest BCUT2D eigenvalue weighted by Gasteiger charge is 2.35. The average molecular weight is 464 g/mol. The molecule has 1 aromatic heterocycles. The first-order valence-electron chi connectivity index (χ1n) is 10.9. The van der Waals surface area contributed by atoms with E-state index in [-0.39, 0.29) is 16.8 Å². The molecule has 2 heterocycles. The summed E-state index contributed by atoms with van der Waals surface area (Å²) in [6, 6.07) is 12.4. The molecule has 0 atom stereocenters. The van der Waals surface area contributed by atoms with Gasteiger partial charge in [-0.15, -0.1) is 0 Å². The Morgan fingerprint density at radius 3 is 2.48 bits per heavy atom. The molecular formula is C24H25N5O3S. The predicted molar refractivity (Wildman–Crippen MR) is 126 cm³/mol. The van der Waals surface area contributed by atoms with Crippen LogP contribution in [0.5, 0.6) is 0 Å². The molecular weight excluding hydrogens is 438 g/mol. The third-order valence-corrected chi connectivity index (χ3v) is 8.29. The van der Waals surface area contributed by atoms with Gasteiger partial charge in [0.25, 0.3) is 5.91 Å². The van der Waals surface area contributed by atoms with Gasteiger partial charge in [-0.25, -0.2) is 18.4 Å². The van der Waals surface area contributed by atoms with Gasteiger partial charge in [-0.2, -0.15) is 4.31 Å². The van der Waals surface area contributed by atoms with Gasteiger partial charge < -0.3 is 10.6 Å². The van der Waals surface area contributed by atoms with Gasteiger partial charge in [0.05, 0.1) is 16.8 Å². The number of fused-ring (bicyclic) bond motifs is 1. The van der Waals surface area contributed by atoms with Crippen LogP contribution in [-0.4, -0.2) is 60.2 Å². The van der Waals surface area contributed by atoms with E-state index in [1.165, 1.54) is 4.31 Å². The number of aromatic nitrogens is 2. The van der Waals surface area contributed by atoms with E-state index >= 15 is 0 Å². The maximum absolute atomic E-state index is 12.8. The molecule has 2 aromatic carbocycles. The molecule has 8 nitrogen and oxygen atoms in total. The quantitative estimate of drug-likeness (QED) is 0.623. The summed E-state index contributed by atoms with van der Waals surface area (Å²) in [6.07, 6.45) is 4.16. The molecule has 33 heavy (non-hydrogen) atoms. The SMILES string of the molecule is CN1CCc2cc(-c3nc(-c4ccc(S(=O)(=O)N(C)C5CC5)cc4)cnc3N)ccc2C1=O. The van der Waals surface area contributed by atoms with Crippen molar-refractivity contribution in [2.24, 2.45) is 0 Å². The van der Waals surface area contributed by atoms with Crippen LogP contribution in [-0.2, 0) is 16.4 Å². The molecule has 1 saturated carbocycles. The summed E-state index contributed by atoms with van der Waals surface area (Å²) >= 11 is 0. The smallest absolute Gasteiger partial charge is 0.253 e. The van der Waals surface area contributed by atoms with Crippen LogP contribution in [0.25, 0.3) is 22.5 Å². The monoisotopic (exact) mass is 463 g/mol. The van der Waals surface area contributed by atoms with E-state index in [9.17, 15) is 13.2 Å². The van der Waals surface area contributed by atoms with Crippen LogP contribution in [0.15, 0.2) is 53.6 Å². The van der Waals surface area contributed by atoms with E-state index < -0.39 is 10.0 Å². The summed E-state index contributed by atoms with van der Waals surface area (Å²) in [6.45, 7) is 0.668. The fourth-order valence-corrected chi connectivity index (χ4v) is 5.52. The molecule has 1 fully saturated rings. The summed E-state index contributed by atoms with van der Waals surface area (Å²) in [4.78, 5) is 23.4. The van der Waals surface area contributed by atoms with Gasteiger partial charge >= 0.3 is 0 Å². The standard InChI is InChI=1S/C24H25N5O3S/c1-28-12-11-16-13-17(5-10-20(16)24(28)30)22-23(25)26-14-21(27-22)15-3-8-19(9-4-15)33(31,32)29(2)18-6-7-18/h3-5,8-10,13-14,18H,6-7,11-12H2,1-2H3,(H2,25,26). The van der Waals surface area contributed by atoms with E-state index in [2.05, 4.69) is 4.98 Å². The van der Waals surface area contributed by atoms with Crippen LogP contribution in [0.3, 0.4) is 0 Å². The first-order valence-corrected chi connectivity index (χ1v) is 12.3. The van der Waals surface area contributed by atoms with Crippen LogP contribution in [0.2, 0.25) is 0 Å². The Bertz CT molecular complexity index is 1350. The first-order chi connectivity index (χ1) is 15.8. The first kappa shape index (κ1) is 21.5. The molecule has 0 unspecified atom stereocenters. The number of carbonyl (C=O) groups is 1. The highest BCUT2D eigenvalue weighted by atomic mass is 32.2. The number of nitrogens with two attached hydrogens (primary N) is 1. The summed E-state index contributed by atoms with van der Waals surface area (Å²) in [7, 11) is -0.0775. The molecule has 9 heteroatoms.